The molecule has 1 aliphatic rings. The van der Waals surface area contributed by atoms with Crippen molar-refractivity contribution in [2.24, 2.45) is 5.73 Å². The van der Waals surface area contributed by atoms with Gasteiger partial charge in [-0.3, -0.25) is 9.69 Å². The summed E-state index contributed by atoms with van der Waals surface area (Å²) in [5.74, 6) is 0. The molecule has 0 radical (unpaired) electrons. The fraction of sp³-hybridized carbons (Fsp3) is 0.500. The number of ether oxygens (including phenoxy) is 1. The van der Waals surface area contributed by atoms with Gasteiger partial charge in [0.25, 0.3) is 0 Å². The van der Waals surface area contributed by atoms with Crippen LogP contribution in [0.4, 0.5) is 0 Å². The minimum atomic E-state index is 0.0988. The van der Waals surface area contributed by atoms with Crippen LogP contribution in [0, 0.1) is 13.8 Å². The van der Waals surface area contributed by atoms with Crippen LogP contribution in [0.5, 0.6) is 0 Å². The molecule has 1 aromatic carbocycles. The number of aromatic amines is 1. The van der Waals surface area contributed by atoms with E-state index in [1.807, 2.05) is 19.9 Å². The molecule has 1 atom stereocenters. The van der Waals surface area contributed by atoms with Crippen molar-refractivity contribution in [3.05, 3.63) is 45.2 Å². The van der Waals surface area contributed by atoms with E-state index in [2.05, 4.69) is 16.0 Å². The van der Waals surface area contributed by atoms with Gasteiger partial charge in [-0.15, -0.1) is 0 Å². The van der Waals surface area contributed by atoms with Gasteiger partial charge in [-0.2, -0.15) is 0 Å². The summed E-state index contributed by atoms with van der Waals surface area (Å²) in [5.41, 5.74) is 9.77. The fourth-order valence-electron chi connectivity index (χ4n) is 3.33. The largest absolute Gasteiger partial charge is 0.376 e. The zero-order chi connectivity index (χ0) is 16.4. The normalized spacial score (nSPS) is 19.3. The maximum Gasteiger partial charge on any atom is 0.189 e. The number of rotatable bonds is 4. The van der Waals surface area contributed by atoms with Crippen LogP contribution < -0.4 is 11.2 Å². The van der Waals surface area contributed by atoms with Gasteiger partial charge < -0.3 is 15.5 Å². The summed E-state index contributed by atoms with van der Waals surface area (Å²) in [7, 11) is 0. The summed E-state index contributed by atoms with van der Waals surface area (Å²) in [6.07, 6.45) is 1.08. The highest BCUT2D eigenvalue weighted by Crippen LogP contribution is 2.18. The van der Waals surface area contributed by atoms with E-state index in [1.54, 1.807) is 6.07 Å². The van der Waals surface area contributed by atoms with Gasteiger partial charge in [-0.05, 0) is 37.9 Å². The number of nitrogens with two attached hydrogens (primary N) is 1. The number of pyridine rings is 1. The number of hydrogen-bond donors (Lipinski definition) is 2. The molecule has 124 valence electrons. The van der Waals surface area contributed by atoms with Crippen molar-refractivity contribution in [3.8, 4) is 0 Å². The summed E-state index contributed by atoms with van der Waals surface area (Å²) in [6.45, 7) is 7.87. The minimum absolute atomic E-state index is 0.0988. The highest BCUT2D eigenvalue weighted by molar-refractivity contribution is 5.84. The topological polar surface area (TPSA) is 71.3 Å². The highest BCUT2D eigenvalue weighted by Gasteiger charge is 2.20. The number of benzene rings is 1. The maximum atomic E-state index is 12.5. The third kappa shape index (κ3) is 3.47. The first-order valence-corrected chi connectivity index (χ1v) is 8.24. The van der Waals surface area contributed by atoms with E-state index in [0.29, 0.717) is 6.54 Å². The molecule has 1 aromatic heterocycles. The number of hydrogen-bond acceptors (Lipinski definition) is 4. The number of fused-ring (bicyclic) bond motifs is 1. The molecule has 23 heavy (non-hydrogen) atoms. The van der Waals surface area contributed by atoms with Crippen molar-refractivity contribution in [1.29, 1.82) is 0 Å². The average molecular weight is 315 g/mol. The number of morpholine rings is 1. The Kier molecular flexibility index (Phi) is 4.80. The second-order valence-electron chi connectivity index (χ2n) is 6.41. The molecule has 5 heteroatoms. The minimum Gasteiger partial charge on any atom is -0.376 e. The van der Waals surface area contributed by atoms with Crippen molar-refractivity contribution in [3.63, 3.8) is 0 Å². The molecule has 1 aliphatic heterocycles. The molecular formula is C18H25N3O2. The summed E-state index contributed by atoms with van der Waals surface area (Å²) in [6, 6.07) is 5.80. The van der Waals surface area contributed by atoms with Gasteiger partial charge in [0.15, 0.2) is 5.43 Å². The lowest BCUT2D eigenvalue weighted by atomic mass is 10.0. The van der Waals surface area contributed by atoms with Crippen molar-refractivity contribution >= 4 is 10.9 Å². The van der Waals surface area contributed by atoms with Crippen LogP contribution in [0.2, 0.25) is 0 Å². The molecule has 0 bridgehead atoms. The van der Waals surface area contributed by atoms with E-state index < -0.39 is 0 Å². The third-order valence-corrected chi connectivity index (χ3v) is 4.56. The third-order valence-electron chi connectivity index (χ3n) is 4.56. The number of aryl methyl sites for hydroxylation is 2. The first-order valence-electron chi connectivity index (χ1n) is 8.24. The predicted octanol–water partition coefficient (Wildman–Crippen LogP) is 1.69. The Morgan fingerprint density at radius 2 is 2.13 bits per heavy atom. The summed E-state index contributed by atoms with van der Waals surface area (Å²) in [5, 5.41) is 0.803. The standard InChI is InChI=1S/C18H25N3O2/c1-12-3-4-13(2)18-17(12)16(22)9-14(20-18)10-21-7-8-23-15(11-21)5-6-19/h3-4,9,15H,5-8,10-11,19H2,1-2H3,(H,20,22)/t15-/m1/s1. The maximum absolute atomic E-state index is 12.5. The van der Waals surface area contributed by atoms with E-state index in [-0.39, 0.29) is 11.5 Å². The predicted molar refractivity (Wildman–Crippen MR) is 92.7 cm³/mol. The lowest BCUT2D eigenvalue weighted by Gasteiger charge is -2.32. The van der Waals surface area contributed by atoms with E-state index in [4.69, 9.17) is 10.5 Å². The molecule has 1 fully saturated rings. The molecule has 5 nitrogen and oxygen atoms in total. The summed E-state index contributed by atoms with van der Waals surface area (Å²) < 4.78 is 5.72. The van der Waals surface area contributed by atoms with Gasteiger partial charge in [0, 0.05) is 36.8 Å². The second-order valence-corrected chi connectivity index (χ2v) is 6.41. The molecule has 0 spiro atoms. The molecule has 0 saturated carbocycles. The van der Waals surface area contributed by atoms with Gasteiger partial charge >= 0.3 is 0 Å². The molecule has 3 N–H and O–H groups in total. The molecule has 3 rings (SSSR count). The molecule has 0 amide bonds. The van der Waals surface area contributed by atoms with Crippen molar-refractivity contribution in [2.45, 2.75) is 32.9 Å². The van der Waals surface area contributed by atoms with Crippen LogP contribution >= 0.6 is 0 Å². The van der Waals surface area contributed by atoms with Gasteiger partial charge in [-0.25, -0.2) is 0 Å². The summed E-state index contributed by atoms with van der Waals surface area (Å²) >= 11 is 0. The second kappa shape index (κ2) is 6.83. The Morgan fingerprint density at radius 1 is 1.35 bits per heavy atom. The Morgan fingerprint density at radius 3 is 2.91 bits per heavy atom. The SMILES string of the molecule is Cc1ccc(C)c2c(=O)cc(CN3CCO[C@H](CCN)C3)[nH]c12. The fourth-order valence-corrected chi connectivity index (χ4v) is 3.33. The molecule has 0 unspecified atom stereocenters. The summed E-state index contributed by atoms with van der Waals surface area (Å²) in [4.78, 5) is 18.3. The first-order chi connectivity index (χ1) is 11.1. The molecule has 0 aliphatic carbocycles. The van der Waals surface area contributed by atoms with Crippen molar-refractivity contribution in [2.75, 3.05) is 26.2 Å². The molecule has 1 saturated heterocycles. The van der Waals surface area contributed by atoms with E-state index in [0.717, 1.165) is 60.4 Å². The smallest absolute Gasteiger partial charge is 0.189 e. The zero-order valence-electron chi connectivity index (χ0n) is 13.9. The molecule has 2 heterocycles. The molecule has 2 aromatic rings. The number of H-pyrrole nitrogens is 1. The highest BCUT2D eigenvalue weighted by atomic mass is 16.5. The first kappa shape index (κ1) is 16.2. The Balaban J connectivity index is 1.86. The quantitative estimate of drug-likeness (QED) is 0.901. The van der Waals surface area contributed by atoms with Gasteiger partial charge in [-0.1, -0.05) is 12.1 Å². The van der Waals surface area contributed by atoms with Crippen molar-refractivity contribution < 1.29 is 4.74 Å². The van der Waals surface area contributed by atoms with Crippen LogP contribution in [0.3, 0.4) is 0 Å². The van der Waals surface area contributed by atoms with Crippen LogP contribution in [0.1, 0.15) is 23.2 Å². The average Bonchev–Trinajstić information content (AvgIpc) is 2.51. The number of nitrogens with zero attached hydrogens (tertiary/aromatic N) is 1. The van der Waals surface area contributed by atoms with Crippen LogP contribution in [-0.4, -0.2) is 42.2 Å². The Hall–Kier alpha value is -1.69. The number of aromatic nitrogens is 1. The van der Waals surface area contributed by atoms with Gasteiger partial charge in [0.1, 0.15) is 0 Å². The van der Waals surface area contributed by atoms with Gasteiger partial charge in [0.05, 0.1) is 18.2 Å². The zero-order valence-corrected chi connectivity index (χ0v) is 13.9. The van der Waals surface area contributed by atoms with Crippen LogP contribution in [0.15, 0.2) is 23.0 Å². The van der Waals surface area contributed by atoms with Crippen LogP contribution in [-0.2, 0) is 11.3 Å². The van der Waals surface area contributed by atoms with Crippen molar-refractivity contribution in [1.82, 2.24) is 9.88 Å². The molecular weight excluding hydrogens is 290 g/mol. The Bertz CT molecular complexity index is 752. The van der Waals surface area contributed by atoms with E-state index >= 15 is 0 Å². The monoisotopic (exact) mass is 315 g/mol. The lowest BCUT2D eigenvalue weighted by molar-refractivity contribution is -0.0338. The van der Waals surface area contributed by atoms with Gasteiger partial charge in [0.2, 0.25) is 0 Å². The lowest BCUT2D eigenvalue weighted by Crippen LogP contribution is -2.42. The number of nitrogens with one attached hydrogen (secondary N) is 1. The Labute approximate surface area is 136 Å². The van der Waals surface area contributed by atoms with Crippen LogP contribution in [0.25, 0.3) is 10.9 Å². The van der Waals surface area contributed by atoms with E-state index in [1.165, 1.54) is 0 Å². The van der Waals surface area contributed by atoms with E-state index in [9.17, 15) is 4.79 Å².